The fraction of sp³-hybridized carbons (Fsp3) is 0.455. The quantitative estimate of drug-likeness (QED) is 0.622. The van der Waals surface area contributed by atoms with Crippen LogP contribution in [0.15, 0.2) is 18.2 Å². The van der Waals surface area contributed by atoms with Gasteiger partial charge in [0, 0.05) is 11.6 Å². The molecule has 1 aromatic rings. The van der Waals surface area contributed by atoms with Crippen molar-refractivity contribution < 1.29 is 9.31 Å². The minimum absolute atomic E-state index is 0.262. The van der Waals surface area contributed by atoms with E-state index in [9.17, 15) is 14.5 Å². The van der Waals surface area contributed by atoms with Crippen LogP contribution in [0.2, 0.25) is 0 Å². The summed E-state index contributed by atoms with van der Waals surface area (Å²) in [5.74, 6) is -0.628. The van der Waals surface area contributed by atoms with Crippen LogP contribution in [0.3, 0.4) is 0 Å². The molecule has 0 aliphatic rings. The molecule has 0 saturated carbocycles. The molecule has 88 valence electrons. The first-order valence-corrected chi connectivity index (χ1v) is 4.93. The number of rotatable bonds is 2. The molecular formula is C11H15FN2O2. The highest BCUT2D eigenvalue weighted by Crippen LogP contribution is 2.35. The molecule has 0 bridgehead atoms. The Balaban J connectivity index is 3.28. The second kappa shape index (κ2) is 4.17. The van der Waals surface area contributed by atoms with Gasteiger partial charge in [0.25, 0.3) is 5.69 Å². The third-order valence-corrected chi connectivity index (χ3v) is 2.46. The Labute approximate surface area is 93.4 Å². The molecular weight excluding hydrogens is 211 g/mol. The standard InChI is InChI=1S/C11H15FN2O2/c1-11(2,3)10(13)8-5-4-7(12)6-9(8)14(15)16/h4-6,10H,13H2,1-3H3/t10-/m1/s1. The fourth-order valence-corrected chi connectivity index (χ4v) is 1.40. The van der Waals surface area contributed by atoms with Crippen molar-refractivity contribution in [1.29, 1.82) is 0 Å². The van der Waals surface area contributed by atoms with E-state index in [1.165, 1.54) is 12.1 Å². The summed E-state index contributed by atoms with van der Waals surface area (Å²) in [6.07, 6.45) is 0. The molecule has 5 heteroatoms. The normalized spacial score (nSPS) is 13.6. The molecule has 16 heavy (non-hydrogen) atoms. The predicted molar refractivity (Wildman–Crippen MR) is 59.4 cm³/mol. The van der Waals surface area contributed by atoms with Crippen LogP contribution in [0.25, 0.3) is 0 Å². The van der Waals surface area contributed by atoms with Crippen molar-refractivity contribution in [3.63, 3.8) is 0 Å². The lowest BCUT2D eigenvalue weighted by molar-refractivity contribution is -0.386. The van der Waals surface area contributed by atoms with Crippen molar-refractivity contribution in [2.45, 2.75) is 26.8 Å². The number of benzene rings is 1. The van der Waals surface area contributed by atoms with Crippen LogP contribution >= 0.6 is 0 Å². The van der Waals surface area contributed by atoms with Gasteiger partial charge in [-0.2, -0.15) is 0 Å². The SMILES string of the molecule is CC(C)(C)[C@H](N)c1ccc(F)cc1[N+](=O)[O-]. The average Bonchev–Trinajstić information content (AvgIpc) is 2.15. The van der Waals surface area contributed by atoms with Crippen LogP contribution in [0.5, 0.6) is 0 Å². The number of nitro benzene ring substituents is 1. The highest BCUT2D eigenvalue weighted by atomic mass is 19.1. The van der Waals surface area contributed by atoms with Gasteiger partial charge in [-0.3, -0.25) is 10.1 Å². The highest BCUT2D eigenvalue weighted by Gasteiger charge is 2.28. The van der Waals surface area contributed by atoms with E-state index in [2.05, 4.69) is 0 Å². The summed E-state index contributed by atoms with van der Waals surface area (Å²) in [7, 11) is 0. The summed E-state index contributed by atoms with van der Waals surface area (Å²) in [5.41, 5.74) is 5.72. The van der Waals surface area contributed by atoms with Crippen LogP contribution in [0.1, 0.15) is 32.4 Å². The first-order valence-electron chi connectivity index (χ1n) is 4.93. The number of nitro groups is 1. The zero-order valence-electron chi connectivity index (χ0n) is 9.53. The topological polar surface area (TPSA) is 69.2 Å². The van der Waals surface area contributed by atoms with Gasteiger partial charge in [-0.1, -0.05) is 20.8 Å². The van der Waals surface area contributed by atoms with Gasteiger partial charge in [0.15, 0.2) is 0 Å². The molecule has 1 rings (SSSR count). The molecule has 0 heterocycles. The number of nitrogens with zero attached hydrogens (tertiary/aromatic N) is 1. The Hall–Kier alpha value is -1.49. The molecule has 2 N–H and O–H groups in total. The number of hydrogen-bond donors (Lipinski definition) is 1. The molecule has 0 spiro atoms. The fourth-order valence-electron chi connectivity index (χ4n) is 1.40. The number of hydrogen-bond acceptors (Lipinski definition) is 3. The van der Waals surface area contributed by atoms with Crippen molar-refractivity contribution >= 4 is 5.69 Å². The van der Waals surface area contributed by atoms with Gasteiger partial charge >= 0.3 is 0 Å². The molecule has 0 amide bonds. The summed E-state index contributed by atoms with van der Waals surface area (Å²) in [4.78, 5) is 10.2. The molecule has 1 atom stereocenters. The predicted octanol–water partition coefficient (Wildman–Crippen LogP) is 2.78. The maximum Gasteiger partial charge on any atom is 0.277 e. The van der Waals surface area contributed by atoms with E-state index in [-0.39, 0.29) is 11.1 Å². The van der Waals surface area contributed by atoms with E-state index in [4.69, 9.17) is 5.73 Å². The summed E-state index contributed by atoms with van der Waals surface area (Å²) in [5, 5.41) is 10.8. The van der Waals surface area contributed by atoms with Gasteiger partial charge < -0.3 is 5.73 Å². The molecule has 0 fully saturated rings. The van der Waals surface area contributed by atoms with Crippen LogP contribution in [-0.2, 0) is 0 Å². The third kappa shape index (κ3) is 2.55. The lowest BCUT2D eigenvalue weighted by Gasteiger charge is -2.27. The van der Waals surface area contributed by atoms with Crippen molar-refractivity contribution in [2.75, 3.05) is 0 Å². The Kier molecular flexibility index (Phi) is 3.28. The molecule has 0 aliphatic carbocycles. The largest absolute Gasteiger partial charge is 0.323 e. The van der Waals surface area contributed by atoms with Crippen LogP contribution in [0.4, 0.5) is 10.1 Å². The lowest BCUT2D eigenvalue weighted by Crippen LogP contribution is -2.27. The summed E-state index contributed by atoms with van der Waals surface area (Å²) < 4.78 is 12.9. The molecule has 0 aliphatic heterocycles. The van der Waals surface area contributed by atoms with Crippen molar-refractivity contribution in [2.24, 2.45) is 11.1 Å². The summed E-state index contributed by atoms with van der Waals surface area (Å²) in [6, 6.07) is 2.96. The second-order valence-corrected chi connectivity index (χ2v) is 4.80. The average molecular weight is 226 g/mol. The third-order valence-electron chi connectivity index (χ3n) is 2.46. The van der Waals surface area contributed by atoms with Gasteiger partial charge in [-0.05, 0) is 17.5 Å². The Morgan fingerprint density at radius 3 is 2.44 bits per heavy atom. The van der Waals surface area contributed by atoms with E-state index in [0.29, 0.717) is 5.56 Å². The molecule has 1 aromatic carbocycles. The van der Waals surface area contributed by atoms with Crippen LogP contribution in [-0.4, -0.2) is 4.92 Å². The van der Waals surface area contributed by atoms with Crippen molar-refractivity contribution in [3.8, 4) is 0 Å². The van der Waals surface area contributed by atoms with E-state index < -0.39 is 16.8 Å². The first-order chi connectivity index (χ1) is 7.23. The maximum absolute atomic E-state index is 12.9. The molecule has 0 aromatic heterocycles. The van der Waals surface area contributed by atoms with E-state index >= 15 is 0 Å². The van der Waals surface area contributed by atoms with E-state index in [0.717, 1.165) is 6.07 Å². The maximum atomic E-state index is 12.9. The van der Waals surface area contributed by atoms with Gasteiger partial charge in [-0.15, -0.1) is 0 Å². The summed E-state index contributed by atoms with van der Waals surface area (Å²) in [6.45, 7) is 5.64. The smallest absolute Gasteiger partial charge is 0.277 e. The van der Waals surface area contributed by atoms with Gasteiger partial charge in [-0.25, -0.2) is 4.39 Å². The lowest BCUT2D eigenvalue weighted by atomic mass is 9.82. The van der Waals surface area contributed by atoms with Gasteiger partial charge in [0.05, 0.1) is 11.0 Å². The molecule has 0 radical (unpaired) electrons. The van der Waals surface area contributed by atoms with Gasteiger partial charge in [0.1, 0.15) is 5.82 Å². The Morgan fingerprint density at radius 2 is 2.00 bits per heavy atom. The number of nitrogens with two attached hydrogens (primary N) is 1. The van der Waals surface area contributed by atoms with E-state index in [1.54, 1.807) is 0 Å². The second-order valence-electron chi connectivity index (χ2n) is 4.80. The van der Waals surface area contributed by atoms with Crippen molar-refractivity contribution in [3.05, 3.63) is 39.7 Å². The molecule has 4 nitrogen and oxygen atoms in total. The van der Waals surface area contributed by atoms with Gasteiger partial charge in [0.2, 0.25) is 0 Å². The van der Waals surface area contributed by atoms with Crippen LogP contribution < -0.4 is 5.73 Å². The Bertz CT molecular complexity index is 413. The zero-order chi connectivity index (χ0) is 12.5. The minimum Gasteiger partial charge on any atom is -0.323 e. The Morgan fingerprint density at radius 1 is 1.44 bits per heavy atom. The zero-order valence-corrected chi connectivity index (χ0v) is 9.53. The highest BCUT2D eigenvalue weighted by molar-refractivity contribution is 5.43. The van der Waals surface area contributed by atoms with Crippen molar-refractivity contribution in [1.82, 2.24) is 0 Å². The molecule has 0 saturated heterocycles. The summed E-state index contributed by atoms with van der Waals surface area (Å²) >= 11 is 0. The minimum atomic E-state index is -0.628. The monoisotopic (exact) mass is 226 g/mol. The molecule has 0 unspecified atom stereocenters. The number of halogens is 1. The van der Waals surface area contributed by atoms with E-state index in [1.807, 2.05) is 20.8 Å². The first kappa shape index (κ1) is 12.6. The van der Waals surface area contributed by atoms with Crippen LogP contribution in [0, 0.1) is 21.3 Å².